The van der Waals surface area contributed by atoms with E-state index in [1.807, 2.05) is 37.0 Å². The number of hydrogen-bond donors (Lipinski definition) is 4. The molecule has 11 heteroatoms. The first-order valence-corrected chi connectivity index (χ1v) is 16.8. The zero-order chi connectivity index (χ0) is 35.4. The highest BCUT2D eigenvalue weighted by molar-refractivity contribution is 6.31. The molecule has 2 saturated heterocycles. The molecular formula is C35H60Cl2FN5O3. The third-order valence-electron chi connectivity index (χ3n) is 6.31. The van der Waals surface area contributed by atoms with Crippen LogP contribution in [0.25, 0.3) is 0 Å². The number of nitrogens with one attached hydrogen (secondary N) is 3. The molecule has 2 amide bonds. The van der Waals surface area contributed by atoms with Gasteiger partial charge in [0.15, 0.2) is 0 Å². The SMILES string of the molecule is C=C/C(Cl)=C\C=C/C[C@H]1CNC[C@H]1/C=C/C(F)=C(Cl)\C=C(/C)NC=O.CC.CC(C)(C)C.O=CNCCCN1CCN(CO)CC1. The molecule has 0 unspecified atom stereocenters. The number of allylic oxidation sites excluding steroid dienone is 10. The average molecular weight is 689 g/mol. The highest BCUT2D eigenvalue weighted by atomic mass is 35.5. The molecule has 0 aromatic heterocycles. The van der Waals surface area contributed by atoms with E-state index in [9.17, 15) is 14.0 Å². The quantitative estimate of drug-likeness (QED) is 0.0895. The monoisotopic (exact) mass is 687 g/mol. The van der Waals surface area contributed by atoms with Crippen LogP contribution in [-0.4, -0.2) is 86.8 Å². The van der Waals surface area contributed by atoms with E-state index in [1.165, 1.54) is 12.2 Å². The number of hydrogen-bond acceptors (Lipinski definition) is 6. The summed E-state index contributed by atoms with van der Waals surface area (Å²) in [5.74, 6) is 0.0662. The molecule has 2 heterocycles. The molecule has 2 aliphatic heterocycles. The van der Waals surface area contributed by atoms with Crippen molar-refractivity contribution in [3.63, 3.8) is 0 Å². The molecule has 46 heavy (non-hydrogen) atoms. The fourth-order valence-corrected chi connectivity index (χ4v) is 4.32. The Bertz CT molecular complexity index is 979. The Morgan fingerprint density at radius 2 is 1.67 bits per heavy atom. The summed E-state index contributed by atoms with van der Waals surface area (Å²) in [5.41, 5.74) is 0.973. The van der Waals surface area contributed by atoms with Gasteiger partial charge in [0.05, 0.1) is 11.8 Å². The molecule has 0 bridgehead atoms. The maximum atomic E-state index is 14.0. The number of amides is 2. The molecule has 0 aromatic carbocycles. The Balaban J connectivity index is 0. The van der Waals surface area contributed by atoms with Crippen molar-refractivity contribution in [2.45, 2.75) is 61.3 Å². The van der Waals surface area contributed by atoms with Gasteiger partial charge in [-0.15, -0.1) is 0 Å². The summed E-state index contributed by atoms with van der Waals surface area (Å²) in [5, 5.41) is 17.8. The minimum absolute atomic E-state index is 0.0466. The van der Waals surface area contributed by atoms with E-state index < -0.39 is 5.83 Å². The summed E-state index contributed by atoms with van der Waals surface area (Å²) < 4.78 is 14.0. The minimum Gasteiger partial charge on any atom is -0.381 e. The topological polar surface area (TPSA) is 96.9 Å². The number of carbonyl (C=O) groups is 2. The van der Waals surface area contributed by atoms with E-state index in [4.69, 9.17) is 28.3 Å². The lowest BCUT2D eigenvalue weighted by atomic mass is 9.92. The first kappa shape index (κ1) is 45.9. The summed E-state index contributed by atoms with van der Waals surface area (Å²) in [6, 6.07) is 0. The molecule has 0 saturated carbocycles. The normalized spacial score (nSPS) is 20.0. The minimum atomic E-state index is -0.532. The molecule has 264 valence electrons. The number of halogens is 3. The van der Waals surface area contributed by atoms with Crippen LogP contribution in [-0.2, 0) is 9.59 Å². The summed E-state index contributed by atoms with van der Waals surface area (Å²) >= 11 is 11.7. The Morgan fingerprint density at radius 1 is 1.07 bits per heavy atom. The van der Waals surface area contributed by atoms with E-state index in [-0.39, 0.29) is 17.7 Å². The molecule has 2 fully saturated rings. The van der Waals surface area contributed by atoms with Crippen molar-refractivity contribution in [1.82, 2.24) is 25.8 Å². The van der Waals surface area contributed by atoms with Crippen LogP contribution in [0.1, 0.15) is 61.3 Å². The smallest absolute Gasteiger partial charge is 0.211 e. The fraction of sp³-hybridized carbons (Fsp3) is 0.600. The summed E-state index contributed by atoms with van der Waals surface area (Å²) in [7, 11) is 0. The van der Waals surface area contributed by atoms with Crippen LogP contribution in [0, 0.1) is 17.3 Å². The molecule has 8 nitrogen and oxygen atoms in total. The molecule has 2 aliphatic rings. The second-order valence-corrected chi connectivity index (χ2v) is 13.0. The van der Waals surface area contributed by atoms with Crippen molar-refractivity contribution in [3.8, 4) is 0 Å². The summed E-state index contributed by atoms with van der Waals surface area (Å²) in [6.45, 7) is 25.5. The van der Waals surface area contributed by atoms with Gasteiger partial charge in [-0.2, -0.15) is 0 Å². The molecule has 0 spiro atoms. The number of rotatable bonds is 15. The first-order chi connectivity index (χ1) is 21.8. The number of nitrogens with zero attached hydrogens (tertiary/aromatic N) is 2. The van der Waals surface area contributed by atoms with E-state index >= 15 is 0 Å². The second kappa shape index (κ2) is 28.9. The molecule has 2 atom stereocenters. The zero-order valence-electron chi connectivity index (χ0n) is 29.1. The van der Waals surface area contributed by atoms with Gasteiger partial charge in [-0.05, 0) is 68.3 Å². The van der Waals surface area contributed by atoms with Crippen molar-refractivity contribution in [1.29, 1.82) is 0 Å². The van der Waals surface area contributed by atoms with Crippen LogP contribution < -0.4 is 16.0 Å². The maximum absolute atomic E-state index is 14.0. The number of aliphatic hydroxyl groups is 1. The predicted molar refractivity (Wildman–Crippen MR) is 194 cm³/mol. The maximum Gasteiger partial charge on any atom is 0.211 e. The lowest BCUT2D eigenvalue weighted by Crippen LogP contribution is -2.47. The van der Waals surface area contributed by atoms with E-state index in [0.29, 0.717) is 28.5 Å². The highest BCUT2D eigenvalue weighted by Gasteiger charge is 2.23. The zero-order valence-corrected chi connectivity index (χ0v) is 30.6. The van der Waals surface area contributed by atoms with Crippen molar-refractivity contribution in [2.75, 3.05) is 59.1 Å². The van der Waals surface area contributed by atoms with Crippen molar-refractivity contribution < 1.29 is 19.1 Å². The van der Waals surface area contributed by atoms with Crippen molar-refractivity contribution >= 4 is 36.0 Å². The van der Waals surface area contributed by atoms with Crippen LogP contribution in [0.15, 0.2) is 70.7 Å². The van der Waals surface area contributed by atoms with Gasteiger partial charge in [-0.3, -0.25) is 14.5 Å². The molecule has 0 aromatic rings. The summed E-state index contributed by atoms with van der Waals surface area (Å²) in [4.78, 5) is 24.7. The van der Waals surface area contributed by atoms with Crippen molar-refractivity contribution in [3.05, 3.63) is 70.7 Å². The Hall–Kier alpha value is -2.27. The highest BCUT2D eigenvalue weighted by Crippen LogP contribution is 2.24. The van der Waals surface area contributed by atoms with E-state index in [0.717, 1.165) is 71.6 Å². The second-order valence-electron chi connectivity index (χ2n) is 12.2. The Labute approximate surface area is 288 Å². The largest absolute Gasteiger partial charge is 0.381 e. The number of aliphatic hydroxyl groups excluding tert-OH is 1. The van der Waals surface area contributed by atoms with Gasteiger partial charge < -0.3 is 26.0 Å². The van der Waals surface area contributed by atoms with Gasteiger partial charge in [0.2, 0.25) is 12.8 Å². The van der Waals surface area contributed by atoms with Crippen LogP contribution in [0.2, 0.25) is 0 Å². The van der Waals surface area contributed by atoms with Crippen LogP contribution >= 0.6 is 23.2 Å². The molecule has 4 N–H and O–H groups in total. The fourth-order valence-electron chi connectivity index (χ4n) is 4.02. The number of piperazine rings is 1. The average Bonchev–Trinajstić information content (AvgIpc) is 3.48. The molecule has 0 aliphatic carbocycles. The molecular weight excluding hydrogens is 628 g/mol. The first-order valence-electron chi connectivity index (χ1n) is 16.0. The third kappa shape index (κ3) is 26.9. The van der Waals surface area contributed by atoms with Gasteiger partial charge in [0.25, 0.3) is 0 Å². The van der Waals surface area contributed by atoms with Gasteiger partial charge in [-0.1, -0.05) is 95.6 Å². The van der Waals surface area contributed by atoms with E-state index in [1.54, 1.807) is 19.1 Å². The van der Waals surface area contributed by atoms with Crippen molar-refractivity contribution in [2.24, 2.45) is 17.3 Å². The van der Waals surface area contributed by atoms with Gasteiger partial charge >= 0.3 is 0 Å². The lowest BCUT2D eigenvalue weighted by molar-refractivity contribution is -0.110. The molecule has 0 radical (unpaired) electrons. The standard InChI is InChI=1S/C19H23Cl2FN2O.C9H19N3O2.C5H12.C2H6/c1-3-17(20)7-5-4-6-15-11-23-12-16(15)8-9-19(22)18(21)10-14(2)24-13-25;13-8-10-2-1-3-11-4-6-12(9-14)7-5-11;1-5(2,3)4;1-2/h3-5,7-10,13,15-16,23H,1,6,11-12H2,2H3,(H,24,25);8,14H,1-7,9H2,(H,10,13);1-4H3;1-2H3/b5-4-,9-8+,14-10+,17-7+,19-18-;;;/t15-,16+;;;/m0.../s1. The van der Waals surface area contributed by atoms with Gasteiger partial charge in [0, 0.05) is 50.0 Å². The Kier molecular flexibility index (Phi) is 28.8. The van der Waals surface area contributed by atoms with Crippen LogP contribution in [0.5, 0.6) is 0 Å². The summed E-state index contributed by atoms with van der Waals surface area (Å²) in [6.07, 6.45) is 15.0. The van der Waals surface area contributed by atoms with E-state index in [2.05, 4.69) is 55.1 Å². The predicted octanol–water partition coefficient (Wildman–Crippen LogP) is 6.47. The van der Waals surface area contributed by atoms with Gasteiger partial charge in [0.1, 0.15) is 5.83 Å². The Morgan fingerprint density at radius 3 is 2.22 bits per heavy atom. The lowest BCUT2D eigenvalue weighted by Gasteiger charge is -2.33. The van der Waals surface area contributed by atoms with Crippen LogP contribution in [0.4, 0.5) is 4.39 Å². The van der Waals surface area contributed by atoms with Crippen LogP contribution in [0.3, 0.4) is 0 Å². The molecule has 2 rings (SSSR count). The van der Waals surface area contributed by atoms with Gasteiger partial charge in [-0.25, -0.2) is 4.39 Å². The number of carbonyl (C=O) groups excluding carboxylic acids is 2. The third-order valence-corrected chi connectivity index (χ3v) is 6.88.